The lowest BCUT2D eigenvalue weighted by Gasteiger charge is -2.14. The summed E-state index contributed by atoms with van der Waals surface area (Å²) < 4.78 is 12.9. The first-order valence-corrected chi connectivity index (χ1v) is 6.38. The summed E-state index contributed by atoms with van der Waals surface area (Å²) in [6, 6.07) is 4.39. The quantitative estimate of drug-likeness (QED) is 0.836. The molecule has 1 amide bonds. The summed E-state index contributed by atoms with van der Waals surface area (Å²) in [4.78, 5) is 11.8. The molecule has 0 aromatic heterocycles. The highest BCUT2D eigenvalue weighted by Crippen LogP contribution is 2.16. The summed E-state index contributed by atoms with van der Waals surface area (Å²) in [7, 11) is 0. The van der Waals surface area contributed by atoms with Crippen molar-refractivity contribution in [1.29, 1.82) is 0 Å². The van der Waals surface area contributed by atoms with Crippen molar-refractivity contribution in [2.24, 2.45) is 11.7 Å². The van der Waals surface area contributed by atoms with Crippen LogP contribution in [0.15, 0.2) is 18.2 Å². The molecule has 3 N–H and O–H groups in total. The fourth-order valence-corrected chi connectivity index (χ4v) is 1.89. The maximum atomic E-state index is 12.9. The Morgan fingerprint density at radius 1 is 1.56 bits per heavy atom. The van der Waals surface area contributed by atoms with Crippen LogP contribution in [0.25, 0.3) is 0 Å². The average Bonchev–Trinajstić information content (AvgIpc) is 2.37. The maximum Gasteiger partial charge on any atom is 0.224 e. The van der Waals surface area contributed by atoms with E-state index in [-0.39, 0.29) is 16.8 Å². The largest absolute Gasteiger partial charge is 0.352 e. The van der Waals surface area contributed by atoms with Gasteiger partial charge < -0.3 is 11.1 Å². The molecule has 5 heteroatoms. The Hall–Kier alpha value is -1.13. The van der Waals surface area contributed by atoms with Crippen LogP contribution in [0.2, 0.25) is 5.02 Å². The number of halogens is 2. The lowest BCUT2D eigenvalue weighted by Crippen LogP contribution is -2.34. The van der Waals surface area contributed by atoms with E-state index in [2.05, 4.69) is 5.32 Å². The standard InChI is InChI=1S/C13H18ClFN2O/c1-2-3-10(7-16)13(18)17-8-9-4-5-12(15)11(14)6-9/h4-6,10H,2-3,7-8,16H2,1H3,(H,17,18). The van der Waals surface area contributed by atoms with Crippen LogP contribution in [-0.4, -0.2) is 12.5 Å². The molecule has 0 fully saturated rings. The molecule has 0 spiro atoms. The summed E-state index contributed by atoms with van der Waals surface area (Å²) in [6.45, 7) is 2.68. The average molecular weight is 273 g/mol. The third-order valence-electron chi connectivity index (χ3n) is 2.74. The van der Waals surface area contributed by atoms with E-state index in [0.717, 1.165) is 18.4 Å². The first kappa shape index (κ1) is 14.9. The molecule has 0 saturated carbocycles. The molecule has 1 rings (SSSR count). The molecular weight excluding hydrogens is 255 g/mol. The number of nitrogens with two attached hydrogens (primary N) is 1. The fraction of sp³-hybridized carbons (Fsp3) is 0.462. The van der Waals surface area contributed by atoms with Crippen LogP contribution in [-0.2, 0) is 11.3 Å². The lowest BCUT2D eigenvalue weighted by molar-refractivity contribution is -0.125. The second-order valence-electron chi connectivity index (χ2n) is 4.19. The van der Waals surface area contributed by atoms with Crippen LogP contribution in [0.3, 0.4) is 0 Å². The van der Waals surface area contributed by atoms with Crippen LogP contribution in [0, 0.1) is 11.7 Å². The fourth-order valence-electron chi connectivity index (χ4n) is 1.69. The number of nitrogens with one attached hydrogen (secondary N) is 1. The molecule has 1 atom stereocenters. The molecule has 0 aliphatic carbocycles. The van der Waals surface area contributed by atoms with Gasteiger partial charge in [0.25, 0.3) is 0 Å². The van der Waals surface area contributed by atoms with Crippen LogP contribution in [0.5, 0.6) is 0 Å². The van der Waals surface area contributed by atoms with Gasteiger partial charge in [0.2, 0.25) is 5.91 Å². The van der Waals surface area contributed by atoms with E-state index in [9.17, 15) is 9.18 Å². The van der Waals surface area contributed by atoms with Gasteiger partial charge in [-0.1, -0.05) is 31.0 Å². The monoisotopic (exact) mass is 272 g/mol. The van der Waals surface area contributed by atoms with E-state index in [1.54, 1.807) is 6.07 Å². The van der Waals surface area contributed by atoms with Crippen LogP contribution >= 0.6 is 11.6 Å². The molecule has 18 heavy (non-hydrogen) atoms. The number of hydrogen-bond donors (Lipinski definition) is 2. The zero-order valence-corrected chi connectivity index (χ0v) is 11.1. The molecule has 0 aliphatic heterocycles. The maximum absolute atomic E-state index is 12.9. The Balaban J connectivity index is 2.53. The van der Waals surface area contributed by atoms with Crippen molar-refractivity contribution in [2.45, 2.75) is 26.3 Å². The number of carbonyl (C=O) groups excluding carboxylic acids is 1. The van der Waals surface area contributed by atoms with Crippen molar-refractivity contribution in [3.05, 3.63) is 34.6 Å². The van der Waals surface area contributed by atoms with Crippen molar-refractivity contribution < 1.29 is 9.18 Å². The van der Waals surface area contributed by atoms with Gasteiger partial charge in [-0.2, -0.15) is 0 Å². The molecule has 0 aliphatic rings. The van der Waals surface area contributed by atoms with E-state index in [0.29, 0.717) is 13.1 Å². The van der Waals surface area contributed by atoms with Gasteiger partial charge in [0.15, 0.2) is 0 Å². The zero-order valence-electron chi connectivity index (χ0n) is 10.4. The summed E-state index contributed by atoms with van der Waals surface area (Å²) >= 11 is 5.66. The normalized spacial score (nSPS) is 12.2. The smallest absolute Gasteiger partial charge is 0.224 e. The highest BCUT2D eigenvalue weighted by Gasteiger charge is 2.15. The van der Waals surface area contributed by atoms with Crippen LogP contribution < -0.4 is 11.1 Å². The SMILES string of the molecule is CCCC(CN)C(=O)NCc1ccc(F)c(Cl)c1. The lowest BCUT2D eigenvalue weighted by atomic mass is 10.0. The molecule has 0 saturated heterocycles. The van der Waals surface area contributed by atoms with Crippen molar-refractivity contribution in [1.82, 2.24) is 5.32 Å². The molecule has 1 aromatic carbocycles. The molecule has 1 unspecified atom stereocenters. The van der Waals surface area contributed by atoms with Gasteiger partial charge in [0.05, 0.1) is 10.9 Å². The number of hydrogen-bond acceptors (Lipinski definition) is 2. The molecule has 0 radical (unpaired) electrons. The van der Waals surface area contributed by atoms with Crippen LogP contribution in [0.4, 0.5) is 4.39 Å². The summed E-state index contributed by atoms with van der Waals surface area (Å²) in [6.07, 6.45) is 1.68. The van der Waals surface area contributed by atoms with Gasteiger partial charge in [0.1, 0.15) is 5.82 Å². The van der Waals surface area contributed by atoms with Crippen LogP contribution in [0.1, 0.15) is 25.3 Å². The van der Waals surface area contributed by atoms with Crippen molar-refractivity contribution >= 4 is 17.5 Å². The van der Waals surface area contributed by atoms with Crippen molar-refractivity contribution in [3.8, 4) is 0 Å². The predicted octanol–water partition coefficient (Wildman–Crippen LogP) is 2.47. The Morgan fingerprint density at radius 3 is 2.83 bits per heavy atom. The highest BCUT2D eigenvalue weighted by molar-refractivity contribution is 6.30. The first-order chi connectivity index (χ1) is 8.58. The molecule has 0 bridgehead atoms. The van der Waals surface area contributed by atoms with Gasteiger partial charge in [-0.25, -0.2) is 4.39 Å². The number of rotatable bonds is 6. The summed E-state index contributed by atoms with van der Waals surface area (Å²) in [5.74, 6) is -0.691. The van der Waals surface area contributed by atoms with E-state index in [4.69, 9.17) is 17.3 Å². The Morgan fingerprint density at radius 2 is 2.28 bits per heavy atom. The molecular formula is C13H18ClFN2O. The Labute approximate surface area is 112 Å². The van der Waals surface area contributed by atoms with Crippen molar-refractivity contribution in [2.75, 3.05) is 6.54 Å². The molecule has 100 valence electrons. The van der Waals surface area contributed by atoms with Gasteiger partial charge in [-0.15, -0.1) is 0 Å². The highest BCUT2D eigenvalue weighted by atomic mass is 35.5. The zero-order chi connectivity index (χ0) is 13.5. The van der Waals surface area contributed by atoms with Gasteiger partial charge >= 0.3 is 0 Å². The molecule has 3 nitrogen and oxygen atoms in total. The second kappa shape index (κ2) is 7.34. The second-order valence-corrected chi connectivity index (χ2v) is 4.59. The van der Waals surface area contributed by atoms with E-state index >= 15 is 0 Å². The number of carbonyl (C=O) groups is 1. The predicted molar refractivity (Wildman–Crippen MR) is 70.7 cm³/mol. The van der Waals surface area contributed by atoms with Gasteiger partial charge in [0, 0.05) is 13.1 Å². The Bertz CT molecular complexity index is 412. The minimum Gasteiger partial charge on any atom is -0.352 e. The third-order valence-corrected chi connectivity index (χ3v) is 3.03. The van der Waals surface area contributed by atoms with E-state index in [1.807, 2.05) is 6.92 Å². The molecule has 1 aromatic rings. The topological polar surface area (TPSA) is 55.1 Å². The van der Waals surface area contributed by atoms with Crippen molar-refractivity contribution in [3.63, 3.8) is 0 Å². The van der Waals surface area contributed by atoms with E-state index in [1.165, 1.54) is 12.1 Å². The van der Waals surface area contributed by atoms with E-state index < -0.39 is 5.82 Å². The summed E-state index contributed by atoms with van der Waals surface area (Å²) in [5.41, 5.74) is 6.31. The first-order valence-electron chi connectivity index (χ1n) is 6.00. The number of amides is 1. The van der Waals surface area contributed by atoms with Gasteiger partial charge in [-0.05, 0) is 24.1 Å². The minimum atomic E-state index is -0.461. The number of benzene rings is 1. The third kappa shape index (κ3) is 4.27. The van der Waals surface area contributed by atoms with Gasteiger partial charge in [-0.3, -0.25) is 4.79 Å². The molecule has 0 heterocycles. The Kier molecular flexibility index (Phi) is 6.09. The minimum absolute atomic E-state index is 0.0608. The summed E-state index contributed by atoms with van der Waals surface area (Å²) in [5, 5.41) is 2.84.